The van der Waals surface area contributed by atoms with Crippen molar-refractivity contribution in [1.82, 2.24) is 9.78 Å². The first-order valence-electron chi connectivity index (χ1n) is 5.16. The maximum Gasteiger partial charge on any atom is 0.338 e. The Morgan fingerprint density at radius 3 is 2.65 bits per heavy atom. The molecule has 4 nitrogen and oxygen atoms in total. The zero-order valence-corrected chi connectivity index (χ0v) is 9.21. The lowest BCUT2D eigenvalue weighted by Gasteiger charge is -2.02. The Labute approximate surface area is 98.8 Å². The van der Waals surface area contributed by atoms with Gasteiger partial charge in [0.1, 0.15) is 0 Å². The molecule has 0 aliphatic carbocycles. The lowest BCUT2D eigenvalue weighted by Crippen LogP contribution is -2.00. The predicted octanol–water partition coefficient (Wildman–Crippen LogP) is 2.27. The van der Waals surface area contributed by atoms with Crippen molar-refractivity contribution < 1.29 is 9.90 Å². The maximum absolute atomic E-state index is 10.7. The third-order valence-corrected chi connectivity index (χ3v) is 2.44. The van der Waals surface area contributed by atoms with Crippen LogP contribution in [0, 0.1) is 0 Å². The molecular formula is C13H12N2O2. The second-order valence-corrected chi connectivity index (χ2v) is 3.68. The highest BCUT2D eigenvalue weighted by Crippen LogP contribution is 2.07. The van der Waals surface area contributed by atoms with Gasteiger partial charge in [-0.1, -0.05) is 36.9 Å². The number of carbonyl (C=O) groups is 1. The monoisotopic (exact) mass is 228 g/mol. The van der Waals surface area contributed by atoms with Crippen molar-refractivity contribution >= 4 is 12.0 Å². The van der Waals surface area contributed by atoms with E-state index < -0.39 is 5.97 Å². The van der Waals surface area contributed by atoms with E-state index in [0.717, 1.165) is 11.1 Å². The summed E-state index contributed by atoms with van der Waals surface area (Å²) in [6.07, 6.45) is 4.64. The quantitative estimate of drug-likeness (QED) is 0.873. The Balaban J connectivity index is 2.13. The molecule has 0 unspecified atom stereocenters. The minimum atomic E-state index is -0.960. The first kappa shape index (κ1) is 11.1. The Hall–Kier alpha value is -2.36. The molecule has 0 atom stereocenters. The summed E-state index contributed by atoms with van der Waals surface area (Å²) in [6, 6.07) is 7.87. The second kappa shape index (κ2) is 4.65. The number of nitrogens with zero attached hydrogens (tertiary/aromatic N) is 2. The molecule has 1 aromatic carbocycles. The van der Waals surface area contributed by atoms with Gasteiger partial charge in [0.15, 0.2) is 0 Å². The second-order valence-electron chi connectivity index (χ2n) is 3.68. The highest BCUT2D eigenvalue weighted by Gasteiger charge is 2.05. The fourth-order valence-corrected chi connectivity index (χ4v) is 1.51. The van der Waals surface area contributed by atoms with E-state index in [1.54, 1.807) is 10.8 Å². The minimum absolute atomic E-state index is 0.202. The number of aromatic nitrogens is 2. The van der Waals surface area contributed by atoms with E-state index >= 15 is 0 Å². The summed E-state index contributed by atoms with van der Waals surface area (Å²) in [4.78, 5) is 10.7. The summed E-state index contributed by atoms with van der Waals surface area (Å²) in [5.41, 5.74) is 2.32. The van der Waals surface area contributed by atoms with Crippen LogP contribution < -0.4 is 0 Å². The summed E-state index contributed by atoms with van der Waals surface area (Å²) >= 11 is 0. The van der Waals surface area contributed by atoms with Crippen LogP contribution >= 0.6 is 0 Å². The van der Waals surface area contributed by atoms with Gasteiger partial charge in [-0.2, -0.15) is 5.10 Å². The molecule has 2 rings (SSSR count). The van der Waals surface area contributed by atoms with Crippen LogP contribution in [0.1, 0.15) is 21.5 Å². The van der Waals surface area contributed by atoms with Crippen LogP contribution in [0.25, 0.3) is 6.08 Å². The molecule has 0 spiro atoms. The average molecular weight is 228 g/mol. The van der Waals surface area contributed by atoms with E-state index in [-0.39, 0.29) is 5.56 Å². The smallest absolute Gasteiger partial charge is 0.338 e. The van der Waals surface area contributed by atoms with Crippen molar-refractivity contribution in [3.63, 3.8) is 0 Å². The zero-order valence-electron chi connectivity index (χ0n) is 9.21. The number of carboxylic acid groups (broad SMARTS) is 1. The van der Waals surface area contributed by atoms with Gasteiger partial charge in [-0.25, -0.2) is 4.79 Å². The van der Waals surface area contributed by atoms with Crippen molar-refractivity contribution in [3.05, 3.63) is 59.9 Å². The Morgan fingerprint density at radius 2 is 2.12 bits per heavy atom. The van der Waals surface area contributed by atoms with Crippen LogP contribution in [0.2, 0.25) is 0 Å². The number of rotatable bonds is 4. The largest absolute Gasteiger partial charge is 0.478 e. The number of benzene rings is 1. The Morgan fingerprint density at radius 1 is 1.41 bits per heavy atom. The fourth-order valence-electron chi connectivity index (χ4n) is 1.51. The molecule has 0 bridgehead atoms. The lowest BCUT2D eigenvalue weighted by molar-refractivity contribution is 0.0697. The molecule has 4 heteroatoms. The molecule has 1 N–H and O–H groups in total. The van der Waals surface area contributed by atoms with E-state index in [0.29, 0.717) is 6.54 Å². The van der Waals surface area contributed by atoms with Crippen molar-refractivity contribution in [2.75, 3.05) is 0 Å². The van der Waals surface area contributed by atoms with Crippen molar-refractivity contribution in [1.29, 1.82) is 0 Å². The number of aromatic carboxylic acids is 1. The van der Waals surface area contributed by atoms with Gasteiger partial charge in [0.25, 0.3) is 0 Å². The topological polar surface area (TPSA) is 55.1 Å². The molecule has 17 heavy (non-hydrogen) atoms. The van der Waals surface area contributed by atoms with Gasteiger partial charge in [-0.3, -0.25) is 4.68 Å². The first-order chi connectivity index (χ1) is 8.19. The highest BCUT2D eigenvalue weighted by atomic mass is 16.4. The van der Waals surface area contributed by atoms with Gasteiger partial charge >= 0.3 is 5.97 Å². The summed E-state index contributed by atoms with van der Waals surface area (Å²) < 4.78 is 1.60. The van der Waals surface area contributed by atoms with E-state index in [1.165, 1.54) is 12.4 Å². The fraction of sp³-hybridized carbons (Fsp3) is 0.0769. The Kier molecular flexibility index (Phi) is 3.05. The summed E-state index contributed by atoms with van der Waals surface area (Å²) in [5, 5.41) is 12.8. The third kappa shape index (κ3) is 2.60. The average Bonchev–Trinajstić information content (AvgIpc) is 2.79. The third-order valence-electron chi connectivity index (χ3n) is 2.44. The van der Waals surface area contributed by atoms with Crippen LogP contribution in [0.3, 0.4) is 0 Å². The molecule has 86 valence electrons. The van der Waals surface area contributed by atoms with Crippen LogP contribution in [-0.4, -0.2) is 20.9 Å². The van der Waals surface area contributed by atoms with E-state index in [9.17, 15) is 4.79 Å². The van der Waals surface area contributed by atoms with Crippen LogP contribution in [-0.2, 0) is 6.54 Å². The van der Waals surface area contributed by atoms with Gasteiger partial charge in [-0.05, 0) is 11.1 Å². The number of hydrogen-bond acceptors (Lipinski definition) is 2. The molecule has 1 aromatic heterocycles. The lowest BCUT2D eigenvalue weighted by atomic mass is 10.1. The first-order valence-corrected chi connectivity index (χ1v) is 5.16. The summed E-state index contributed by atoms with van der Waals surface area (Å²) in [5.74, 6) is -0.960. The number of carboxylic acids is 1. The standard InChI is InChI=1S/C13H12N2O2/c1-2-10-3-5-11(6-4-10)8-15-9-12(7-14-15)13(16)17/h2-7,9H,1,8H2,(H,16,17). The highest BCUT2D eigenvalue weighted by molar-refractivity contribution is 5.86. The summed E-state index contributed by atoms with van der Waals surface area (Å²) in [6.45, 7) is 4.24. The Bertz CT molecular complexity index is 541. The van der Waals surface area contributed by atoms with Gasteiger partial charge in [0.05, 0.1) is 18.3 Å². The van der Waals surface area contributed by atoms with Crippen molar-refractivity contribution in [2.45, 2.75) is 6.54 Å². The molecule has 0 aliphatic rings. The van der Waals surface area contributed by atoms with Gasteiger partial charge < -0.3 is 5.11 Å². The van der Waals surface area contributed by atoms with Crippen molar-refractivity contribution in [2.24, 2.45) is 0 Å². The number of hydrogen-bond donors (Lipinski definition) is 1. The van der Waals surface area contributed by atoms with Crippen LogP contribution in [0.5, 0.6) is 0 Å². The van der Waals surface area contributed by atoms with Crippen LogP contribution in [0.15, 0.2) is 43.2 Å². The van der Waals surface area contributed by atoms with Gasteiger partial charge in [-0.15, -0.1) is 0 Å². The minimum Gasteiger partial charge on any atom is -0.478 e. The SMILES string of the molecule is C=Cc1ccc(Cn2cc(C(=O)O)cn2)cc1. The zero-order chi connectivity index (χ0) is 12.3. The van der Waals surface area contributed by atoms with Gasteiger partial charge in [0, 0.05) is 6.20 Å². The molecule has 0 radical (unpaired) electrons. The normalized spacial score (nSPS) is 10.1. The summed E-state index contributed by atoms with van der Waals surface area (Å²) in [7, 11) is 0. The predicted molar refractivity (Wildman–Crippen MR) is 64.8 cm³/mol. The van der Waals surface area contributed by atoms with Gasteiger partial charge in [0.2, 0.25) is 0 Å². The van der Waals surface area contributed by atoms with E-state index in [2.05, 4.69) is 11.7 Å². The van der Waals surface area contributed by atoms with Crippen molar-refractivity contribution in [3.8, 4) is 0 Å². The molecular weight excluding hydrogens is 216 g/mol. The maximum atomic E-state index is 10.7. The molecule has 0 aliphatic heterocycles. The molecule has 1 heterocycles. The molecule has 2 aromatic rings. The van der Waals surface area contributed by atoms with E-state index in [1.807, 2.05) is 24.3 Å². The molecule has 0 saturated carbocycles. The molecule has 0 saturated heterocycles. The van der Waals surface area contributed by atoms with E-state index in [4.69, 9.17) is 5.11 Å². The van der Waals surface area contributed by atoms with Crippen LogP contribution in [0.4, 0.5) is 0 Å². The molecule has 0 fully saturated rings. The molecule has 0 amide bonds.